The van der Waals surface area contributed by atoms with Crippen molar-refractivity contribution in [2.75, 3.05) is 26.7 Å². The highest BCUT2D eigenvalue weighted by Gasteiger charge is 2.28. The van der Waals surface area contributed by atoms with Crippen LogP contribution in [0.15, 0.2) is 30.3 Å². The molecule has 1 aromatic carbocycles. The Kier molecular flexibility index (Phi) is 7.27. The van der Waals surface area contributed by atoms with Crippen LogP contribution >= 0.6 is 0 Å². The SMILES string of the molecule is CNC(=O)C1CCN(CC(=O)NC(c2ccccc2)C2CCCCC2)CC1. The molecule has 0 aromatic heterocycles. The van der Waals surface area contributed by atoms with E-state index in [2.05, 4.69) is 39.8 Å². The summed E-state index contributed by atoms with van der Waals surface area (Å²) in [4.78, 5) is 26.7. The van der Waals surface area contributed by atoms with Crippen LogP contribution < -0.4 is 10.6 Å². The number of piperidine rings is 1. The second-order valence-corrected chi connectivity index (χ2v) is 8.02. The average molecular weight is 372 g/mol. The summed E-state index contributed by atoms with van der Waals surface area (Å²) in [5, 5.41) is 6.07. The predicted octanol–water partition coefficient (Wildman–Crippen LogP) is 2.88. The highest BCUT2D eigenvalue weighted by atomic mass is 16.2. The molecule has 2 fully saturated rings. The number of hydrogen-bond donors (Lipinski definition) is 2. The fourth-order valence-corrected chi connectivity index (χ4v) is 4.58. The van der Waals surface area contributed by atoms with E-state index in [1.807, 2.05) is 6.07 Å². The van der Waals surface area contributed by atoms with Gasteiger partial charge in [-0.3, -0.25) is 14.5 Å². The number of carbonyl (C=O) groups excluding carboxylic acids is 2. The second kappa shape index (κ2) is 9.88. The van der Waals surface area contributed by atoms with Crippen molar-refractivity contribution < 1.29 is 9.59 Å². The van der Waals surface area contributed by atoms with Crippen LogP contribution in [0.2, 0.25) is 0 Å². The van der Waals surface area contributed by atoms with Crippen LogP contribution in [-0.4, -0.2) is 43.4 Å². The average Bonchev–Trinajstić information content (AvgIpc) is 2.73. The molecule has 0 radical (unpaired) electrons. The van der Waals surface area contributed by atoms with Gasteiger partial charge in [0, 0.05) is 13.0 Å². The van der Waals surface area contributed by atoms with Crippen LogP contribution in [0.1, 0.15) is 56.6 Å². The first-order valence-corrected chi connectivity index (χ1v) is 10.5. The molecule has 1 unspecified atom stereocenters. The summed E-state index contributed by atoms with van der Waals surface area (Å²) in [5.41, 5.74) is 1.22. The normalized spacial score (nSPS) is 20.8. The quantitative estimate of drug-likeness (QED) is 0.808. The summed E-state index contributed by atoms with van der Waals surface area (Å²) < 4.78 is 0. The summed E-state index contributed by atoms with van der Waals surface area (Å²) >= 11 is 0. The Hall–Kier alpha value is -1.88. The molecule has 0 bridgehead atoms. The molecule has 2 aliphatic rings. The maximum Gasteiger partial charge on any atom is 0.234 e. The molecule has 1 aliphatic heterocycles. The first-order valence-electron chi connectivity index (χ1n) is 10.5. The molecule has 2 N–H and O–H groups in total. The number of hydrogen-bond acceptors (Lipinski definition) is 3. The Labute approximate surface area is 162 Å². The maximum absolute atomic E-state index is 12.8. The maximum atomic E-state index is 12.8. The smallest absolute Gasteiger partial charge is 0.234 e. The standard InChI is InChI=1S/C22H33N3O2/c1-23-22(27)19-12-14-25(15-13-19)16-20(26)24-21(17-8-4-2-5-9-17)18-10-6-3-7-11-18/h2,4-5,8-9,18-19,21H,3,6-7,10-16H2,1H3,(H,23,27)(H,24,26). The molecule has 148 valence electrons. The van der Waals surface area contributed by atoms with E-state index in [-0.39, 0.29) is 23.8 Å². The minimum atomic E-state index is 0.0913. The number of nitrogens with zero attached hydrogens (tertiary/aromatic N) is 1. The van der Waals surface area contributed by atoms with E-state index in [1.54, 1.807) is 7.05 Å². The fourth-order valence-electron chi connectivity index (χ4n) is 4.58. The van der Waals surface area contributed by atoms with Crippen molar-refractivity contribution in [1.29, 1.82) is 0 Å². The molecule has 1 aliphatic carbocycles. The van der Waals surface area contributed by atoms with Crippen molar-refractivity contribution in [2.45, 2.75) is 51.0 Å². The number of nitrogens with one attached hydrogen (secondary N) is 2. The van der Waals surface area contributed by atoms with E-state index in [9.17, 15) is 9.59 Å². The van der Waals surface area contributed by atoms with Crippen molar-refractivity contribution in [3.63, 3.8) is 0 Å². The summed E-state index contributed by atoms with van der Waals surface area (Å²) in [6, 6.07) is 10.5. The Morgan fingerprint density at radius 2 is 1.70 bits per heavy atom. The van der Waals surface area contributed by atoms with E-state index >= 15 is 0 Å². The molecule has 2 amide bonds. The Morgan fingerprint density at radius 1 is 1.04 bits per heavy atom. The highest BCUT2D eigenvalue weighted by molar-refractivity contribution is 5.79. The summed E-state index contributed by atoms with van der Waals surface area (Å²) in [6.07, 6.45) is 7.88. The zero-order chi connectivity index (χ0) is 19.1. The monoisotopic (exact) mass is 371 g/mol. The van der Waals surface area contributed by atoms with E-state index < -0.39 is 0 Å². The molecule has 1 atom stereocenters. The molecule has 27 heavy (non-hydrogen) atoms. The van der Waals surface area contributed by atoms with Crippen LogP contribution in [0, 0.1) is 11.8 Å². The Balaban J connectivity index is 1.56. The van der Waals surface area contributed by atoms with Gasteiger partial charge in [-0.15, -0.1) is 0 Å². The molecule has 1 saturated heterocycles. The fraction of sp³-hybridized carbons (Fsp3) is 0.636. The van der Waals surface area contributed by atoms with Gasteiger partial charge in [-0.1, -0.05) is 49.6 Å². The first-order chi connectivity index (χ1) is 13.2. The minimum Gasteiger partial charge on any atom is -0.359 e. The lowest BCUT2D eigenvalue weighted by molar-refractivity contribution is -0.126. The minimum absolute atomic E-state index is 0.0913. The molecule has 1 saturated carbocycles. The van der Waals surface area contributed by atoms with Gasteiger partial charge < -0.3 is 10.6 Å². The lowest BCUT2D eigenvalue weighted by atomic mass is 9.81. The molecule has 5 nitrogen and oxygen atoms in total. The van der Waals surface area contributed by atoms with Crippen LogP contribution in [0.25, 0.3) is 0 Å². The van der Waals surface area contributed by atoms with Gasteiger partial charge in [-0.2, -0.15) is 0 Å². The highest BCUT2D eigenvalue weighted by Crippen LogP contribution is 2.34. The van der Waals surface area contributed by atoms with Gasteiger partial charge in [0.25, 0.3) is 0 Å². The van der Waals surface area contributed by atoms with Gasteiger partial charge in [-0.25, -0.2) is 0 Å². The third-order valence-corrected chi connectivity index (χ3v) is 6.17. The number of likely N-dealkylation sites (tertiary alicyclic amines) is 1. The summed E-state index contributed by atoms with van der Waals surface area (Å²) in [6.45, 7) is 2.05. The van der Waals surface area contributed by atoms with Crippen molar-refractivity contribution >= 4 is 11.8 Å². The van der Waals surface area contributed by atoms with Crippen LogP contribution in [0.5, 0.6) is 0 Å². The van der Waals surface area contributed by atoms with Gasteiger partial charge in [0.15, 0.2) is 0 Å². The molecule has 1 aromatic rings. The zero-order valence-corrected chi connectivity index (χ0v) is 16.5. The lowest BCUT2D eigenvalue weighted by Gasteiger charge is -2.33. The van der Waals surface area contributed by atoms with Gasteiger partial charge >= 0.3 is 0 Å². The van der Waals surface area contributed by atoms with Gasteiger partial charge in [-0.05, 0) is 50.3 Å². The molecule has 1 heterocycles. The number of benzene rings is 1. The van der Waals surface area contributed by atoms with Crippen molar-refractivity contribution in [1.82, 2.24) is 15.5 Å². The van der Waals surface area contributed by atoms with E-state index in [1.165, 1.54) is 37.7 Å². The van der Waals surface area contributed by atoms with Crippen LogP contribution in [0.4, 0.5) is 0 Å². The van der Waals surface area contributed by atoms with E-state index in [0.29, 0.717) is 12.5 Å². The van der Waals surface area contributed by atoms with Gasteiger partial charge in [0.2, 0.25) is 11.8 Å². The molecule has 0 spiro atoms. The van der Waals surface area contributed by atoms with Gasteiger partial charge in [0.05, 0.1) is 12.6 Å². The Morgan fingerprint density at radius 3 is 2.33 bits per heavy atom. The zero-order valence-electron chi connectivity index (χ0n) is 16.5. The van der Waals surface area contributed by atoms with E-state index in [0.717, 1.165) is 25.9 Å². The molecule has 3 rings (SSSR count). The Bertz CT molecular complexity index is 605. The number of amides is 2. The topological polar surface area (TPSA) is 61.4 Å². The van der Waals surface area contributed by atoms with Crippen molar-refractivity contribution in [3.8, 4) is 0 Å². The van der Waals surface area contributed by atoms with Crippen LogP contribution in [-0.2, 0) is 9.59 Å². The van der Waals surface area contributed by atoms with Crippen molar-refractivity contribution in [3.05, 3.63) is 35.9 Å². The third kappa shape index (κ3) is 5.55. The second-order valence-electron chi connectivity index (χ2n) is 8.02. The van der Waals surface area contributed by atoms with E-state index in [4.69, 9.17) is 0 Å². The molecular weight excluding hydrogens is 338 g/mol. The number of carbonyl (C=O) groups is 2. The lowest BCUT2D eigenvalue weighted by Crippen LogP contribution is -2.45. The van der Waals surface area contributed by atoms with Gasteiger partial charge in [0.1, 0.15) is 0 Å². The third-order valence-electron chi connectivity index (χ3n) is 6.17. The summed E-state index contributed by atoms with van der Waals surface area (Å²) in [5.74, 6) is 0.853. The summed E-state index contributed by atoms with van der Waals surface area (Å²) in [7, 11) is 1.69. The largest absolute Gasteiger partial charge is 0.359 e. The van der Waals surface area contributed by atoms with Crippen LogP contribution in [0.3, 0.4) is 0 Å². The molecular formula is C22H33N3O2. The first kappa shape index (κ1) is 19.9. The number of rotatable bonds is 6. The molecule has 5 heteroatoms. The predicted molar refractivity (Wildman–Crippen MR) is 107 cm³/mol. The van der Waals surface area contributed by atoms with Crippen molar-refractivity contribution in [2.24, 2.45) is 11.8 Å².